The van der Waals surface area contributed by atoms with Crippen LogP contribution in [0.25, 0.3) is 10.9 Å². The number of fused-ring (bicyclic) bond motifs is 1. The molecule has 194 valence electrons. The van der Waals surface area contributed by atoms with Gasteiger partial charge in [-0.1, -0.05) is 0 Å². The maximum atomic E-state index is 13.3. The van der Waals surface area contributed by atoms with E-state index in [4.69, 9.17) is 9.47 Å². The van der Waals surface area contributed by atoms with Crippen LogP contribution < -0.4 is 9.47 Å². The Morgan fingerprint density at radius 2 is 1.81 bits per heavy atom. The van der Waals surface area contributed by atoms with E-state index in [1.165, 1.54) is 12.1 Å². The molecule has 3 aromatic rings. The van der Waals surface area contributed by atoms with E-state index < -0.39 is 17.7 Å². The van der Waals surface area contributed by atoms with Crippen molar-refractivity contribution < 1.29 is 28.5 Å². The van der Waals surface area contributed by atoms with Gasteiger partial charge < -0.3 is 19.7 Å². The Morgan fingerprint density at radius 3 is 2.47 bits per heavy atom. The van der Waals surface area contributed by atoms with Gasteiger partial charge in [-0.2, -0.15) is 0 Å². The number of aryl methyl sites for hydroxylation is 1. The predicted molar refractivity (Wildman–Crippen MR) is 134 cm³/mol. The summed E-state index contributed by atoms with van der Waals surface area (Å²) in [6.45, 7) is 4.54. The van der Waals surface area contributed by atoms with Crippen LogP contribution in [0.3, 0.4) is 0 Å². The number of halogens is 2. The van der Waals surface area contributed by atoms with Crippen LogP contribution in [0.1, 0.15) is 42.9 Å². The molecule has 2 N–H and O–H groups in total. The van der Waals surface area contributed by atoms with Crippen molar-refractivity contribution in [2.45, 2.75) is 38.7 Å². The number of ether oxygens (including phenoxy) is 2. The zero-order valence-corrected chi connectivity index (χ0v) is 20.8. The lowest BCUT2D eigenvalue weighted by molar-refractivity contribution is 0.0204. The molecule has 1 atom stereocenters. The van der Waals surface area contributed by atoms with E-state index in [9.17, 15) is 19.0 Å². The Balaban J connectivity index is 1.33. The van der Waals surface area contributed by atoms with Crippen LogP contribution in [-0.4, -0.2) is 60.1 Å². The highest BCUT2D eigenvalue weighted by atomic mass is 19.1. The zero-order valence-electron chi connectivity index (χ0n) is 20.8. The minimum atomic E-state index is -0.677. The zero-order chi connectivity index (χ0) is 25.7. The van der Waals surface area contributed by atoms with Crippen molar-refractivity contribution in [3.05, 3.63) is 65.4 Å². The van der Waals surface area contributed by atoms with E-state index in [0.29, 0.717) is 31.7 Å². The van der Waals surface area contributed by atoms with Gasteiger partial charge in [0.05, 0.1) is 18.7 Å². The number of hydrogen-bond donors (Lipinski definition) is 2. The molecule has 0 amide bonds. The van der Waals surface area contributed by atoms with Gasteiger partial charge in [-0.25, -0.2) is 8.78 Å². The Labute approximate surface area is 210 Å². The van der Waals surface area contributed by atoms with Crippen molar-refractivity contribution in [3.63, 3.8) is 0 Å². The number of pyridine rings is 1. The van der Waals surface area contributed by atoms with Crippen LogP contribution in [0.2, 0.25) is 0 Å². The number of aliphatic hydroxyl groups excluding tert-OH is 2. The molecule has 0 spiro atoms. The number of nitrogens with zero attached hydrogens (tertiary/aromatic N) is 2. The molecule has 1 aliphatic rings. The van der Waals surface area contributed by atoms with Crippen molar-refractivity contribution in [1.82, 2.24) is 9.88 Å². The van der Waals surface area contributed by atoms with E-state index in [2.05, 4.69) is 9.88 Å². The van der Waals surface area contributed by atoms with Crippen LogP contribution in [0.4, 0.5) is 8.78 Å². The number of likely N-dealkylation sites (tertiary alicyclic amines) is 1. The number of rotatable bonds is 10. The maximum absolute atomic E-state index is 13.3. The summed E-state index contributed by atoms with van der Waals surface area (Å²) in [7, 11) is 1.62. The molecule has 1 aliphatic heterocycles. The number of piperidine rings is 1. The highest BCUT2D eigenvalue weighted by Gasteiger charge is 2.34. The lowest BCUT2D eigenvalue weighted by Crippen LogP contribution is -2.43. The number of benzene rings is 2. The SMILES string of the molecule is COc1ccc2ncc(C)c([C@@H](O)CCC3(CO)CCN(CCOc4cc(F)cc(F)c4)CC3)c2c1. The molecule has 1 fully saturated rings. The molecule has 0 radical (unpaired) electrons. The van der Waals surface area contributed by atoms with Crippen LogP contribution in [0.15, 0.2) is 42.6 Å². The van der Waals surface area contributed by atoms with Gasteiger partial charge in [-0.3, -0.25) is 9.88 Å². The topological polar surface area (TPSA) is 75.0 Å². The summed E-state index contributed by atoms with van der Waals surface area (Å²) in [6, 6.07) is 8.82. The summed E-state index contributed by atoms with van der Waals surface area (Å²) in [5.41, 5.74) is 2.34. The molecule has 1 aromatic heterocycles. The van der Waals surface area contributed by atoms with Crippen molar-refractivity contribution in [1.29, 1.82) is 0 Å². The maximum Gasteiger partial charge on any atom is 0.129 e. The van der Waals surface area contributed by atoms with Gasteiger partial charge in [0.25, 0.3) is 0 Å². The molecule has 0 aliphatic carbocycles. The largest absolute Gasteiger partial charge is 0.497 e. The predicted octanol–water partition coefficient (Wildman–Crippen LogP) is 4.80. The summed E-state index contributed by atoms with van der Waals surface area (Å²) in [4.78, 5) is 6.71. The molecule has 8 heteroatoms. The van der Waals surface area contributed by atoms with Crippen molar-refractivity contribution in [3.8, 4) is 11.5 Å². The Hall–Kier alpha value is -2.81. The average molecular weight is 501 g/mol. The minimum absolute atomic E-state index is 0.0660. The fraction of sp³-hybridized carbons (Fsp3) is 0.464. The molecular weight excluding hydrogens is 466 g/mol. The van der Waals surface area contributed by atoms with Crippen LogP contribution in [0.5, 0.6) is 11.5 Å². The Morgan fingerprint density at radius 1 is 1.08 bits per heavy atom. The standard InChI is InChI=1S/C28H34F2N2O4/c1-19-17-31-25-4-3-22(35-2)16-24(25)27(19)26(34)5-6-28(18-33)7-9-32(10-8-28)11-12-36-23-14-20(29)13-21(30)15-23/h3-4,13-17,26,33-34H,5-12,18H2,1-2H3/t26-/m0/s1. The molecule has 1 saturated heterocycles. The van der Waals surface area contributed by atoms with E-state index in [-0.39, 0.29) is 17.8 Å². The summed E-state index contributed by atoms with van der Waals surface area (Å²) < 4.78 is 37.5. The smallest absolute Gasteiger partial charge is 0.129 e. The first-order chi connectivity index (χ1) is 17.3. The third-order valence-electron chi connectivity index (χ3n) is 7.36. The summed E-state index contributed by atoms with van der Waals surface area (Å²) >= 11 is 0. The molecule has 6 nitrogen and oxygen atoms in total. The first-order valence-corrected chi connectivity index (χ1v) is 12.4. The van der Waals surface area contributed by atoms with Crippen LogP contribution >= 0.6 is 0 Å². The van der Waals surface area contributed by atoms with Gasteiger partial charge in [0.15, 0.2) is 0 Å². The van der Waals surface area contributed by atoms with Crippen molar-refractivity contribution in [2.24, 2.45) is 5.41 Å². The Bertz CT molecular complexity index is 1160. The second kappa shape index (κ2) is 11.5. The van der Waals surface area contributed by atoms with Gasteiger partial charge in [-0.05, 0) is 80.4 Å². The monoisotopic (exact) mass is 500 g/mol. The van der Waals surface area contributed by atoms with E-state index in [1.807, 2.05) is 25.1 Å². The quantitative estimate of drug-likeness (QED) is 0.417. The first kappa shape index (κ1) is 26.3. The Kier molecular flexibility index (Phi) is 8.39. The molecule has 2 aromatic carbocycles. The second-order valence-corrected chi connectivity index (χ2v) is 9.75. The molecular formula is C28H34F2N2O4. The lowest BCUT2D eigenvalue weighted by Gasteiger charge is -2.41. The lowest BCUT2D eigenvalue weighted by atomic mass is 9.74. The average Bonchev–Trinajstić information content (AvgIpc) is 2.87. The van der Waals surface area contributed by atoms with Gasteiger partial charge in [0, 0.05) is 42.9 Å². The molecule has 36 heavy (non-hydrogen) atoms. The number of aromatic nitrogens is 1. The molecule has 4 rings (SSSR count). The summed E-state index contributed by atoms with van der Waals surface area (Å²) in [5, 5.41) is 22.3. The summed E-state index contributed by atoms with van der Waals surface area (Å²) in [5.74, 6) is -0.423. The molecule has 0 unspecified atom stereocenters. The molecule has 0 bridgehead atoms. The van der Waals surface area contributed by atoms with E-state index in [0.717, 1.165) is 54.0 Å². The summed E-state index contributed by atoms with van der Waals surface area (Å²) in [6.07, 6.45) is 3.94. The minimum Gasteiger partial charge on any atom is -0.497 e. The van der Waals surface area contributed by atoms with Gasteiger partial charge >= 0.3 is 0 Å². The fourth-order valence-corrected chi connectivity index (χ4v) is 5.09. The van der Waals surface area contributed by atoms with Crippen LogP contribution in [-0.2, 0) is 0 Å². The van der Waals surface area contributed by atoms with E-state index >= 15 is 0 Å². The highest BCUT2D eigenvalue weighted by molar-refractivity contribution is 5.84. The highest BCUT2D eigenvalue weighted by Crippen LogP contribution is 2.39. The van der Waals surface area contributed by atoms with Gasteiger partial charge in [0.1, 0.15) is 29.7 Å². The van der Waals surface area contributed by atoms with Crippen molar-refractivity contribution >= 4 is 10.9 Å². The normalized spacial score (nSPS) is 16.7. The van der Waals surface area contributed by atoms with Gasteiger partial charge in [0.2, 0.25) is 0 Å². The number of methoxy groups -OCH3 is 1. The fourth-order valence-electron chi connectivity index (χ4n) is 5.09. The number of hydrogen-bond acceptors (Lipinski definition) is 6. The third-order valence-corrected chi connectivity index (χ3v) is 7.36. The molecule has 0 saturated carbocycles. The first-order valence-electron chi connectivity index (χ1n) is 12.4. The van der Waals surface area contributed by atoms with Crippen molar-refractivity contribution in [2.75, 3.05) is 40.0 Å². The molecule has 2 heterocycles. The third kappa shape index (κ3) is 6.11. The number of aliphatic hydroxyl groups is 2. The van der Waals surface area contributed by atoms with E-state index in [1.54, 1.807) is 13.3 Å². The van der Waals surface area contributed by atoms with Gasteiger partial charge in [-0.15, -0.1) is 0 Å². The van der Waals surface area contributed by atoms with Crippen LogP contribution in [0, 0.1) is 24.0 Å². The second-order valence-electron chi connectivity index (χ2n) is 9.75.